The Balaban J connectivity index is 1.66. The van der Waals surface area contributed by atoms with Crippen LogP contribution in [0.15, 0.2) is 36.0 Å². The number of aromatic hydroxyl groups is 1. The van der Waals surface area contributed by atoms with Crippen molar-refractivity contribution in [1.29, 1.82) is 0 Å². The van der Waals surface area contributed by atoms with Crippen LogP contribution in [-0.4, -0.2) is 17.7 Å². The molecule has 3 N–H and O–H groups in total. The molecule has 0 saturated heterocycles. The lowest BCUT2D eigenvalue weighted by molar-refractivity contribution is 0.244. The number of carbonyl (C=O) groups is 1. The van der Waals surface area contributed by atoms with Crippen LogP contribution in [0.25, 0.3) is 0 Å². The standard InChI is InChI=1S/C15H20N2O2/c1-11(13-4-5-13)10-17-15(19)16-9-8-12-2-6-14(18)7-3-12/h2-3,6-7,10,13,18H,4-5,8-9H2,1H3,(H2,16,17,19)/b11-10+. The second-order valence-corrected chi connectivity index (χ2v) is 4.98. The molecule has 1 fully saturated rings. The number of hydrogen-bond donors (Lipinski definition) is 3. The molecule has 0 aromatic heterocycles. The van der Waals surface area contributed by atoms with E-state index in [1.807, 2.05) is 19.1 Å². The first-order valence-electron chi connectivity index (χ1n) is 6.64. The topological polar surface area (TPSA) is 61.4 Å². The van der Waals surface area contributed by atoms with E-state index in [1.165, 1.54) is 18.4 Å². The molecule has 0 spiro atoms. The second kappa shape index (κ2) is 6.27. The Labute approximate surface area is 113 Å². The van der Waals surface area contributed by atoms with Crippen molar-refractivity contribution in [3.63, 3.8) is 0 Å². The van der Waals surface area contributed by atoms with E-state index in [-0.39, 0.29) is 11.8 Å². The van der Waals surface area contributed by atoms with Gasteiger partial charge in [-0.1, -0.05) is 17.7 Å². The third kappa shape index (κ3) is 4.66. The van der Waals surface area contributed by atoms with Gasteiger partial charge in [-0.05, 0) is 49.8 Å². The molecular formula is C15H20N2O2. The molecule has 4 heteroatoms. The molecule has 2 amide bonds. The first kappa shape index (κ1) is 13.5. The van der Waals surface area contributed by atoms with E-state index in [0.717, 1.165) is 12.0 Å². The lowest BCUT2D eigenvalue weighted by Gasteiger charge is -2.06. The monoisotopic (exact) mass is 260 g/mol. The fraction of sp³-hybridized carbons (Fsp3) is 0.400. The van der Waals surface area contributed by atoms with E-state index >= 15 is 0 Å². The zero-order valence-electron chi connectivity index (χ0n) is 11.1. The van der Waals surface area contributed by atoms with Gasteiger partial charge in [0.25, 0.3) is 0 Å². The van der Waals surface area contributed by atoms with E-state index in [0.29, 0.717) is 12.5 Å². The molecule has 0 bridgehead atoms. The summed E-state index contributed by atoms with van der Waals surface area (Å²) in [6, 6.07) is 6.84. The minimum atomic E-state index is -0.168. The van der Waals surface area contributed by atoms with Crippen LogP contribution >= 0.6 is 0 Å². The van der Waals surface area contributed by atoms with E-state index < -0.39 is 0 Å². The summed E-state index contributed by atoms with van der Waals surface area (Å²) in [7, 11) is 0. The van der Waals surface area contributed by atoms with E-state index in [9.17, 15) is 4.79 Å². The van der Waals surface area contributed by atoms with Gasteiger partial charge in [-0.15, -0.1) is 0 Å². The zero-order valence-corrected chi connectivity index (χ0v) is 11.1. The highest BCUT2D eigenvalue weighted by atomic mass is 16.3. The van der Waals surface area contributed by atoms with Gasteiger partial charge < -0.3 is 15.7 Å². The van der Waals surface area contributed by atoms with Crippen molar-refractivity contribution >= 4 is 6.03 Å². The van der Waals surface area contributed by atoms with Crippen LogP contribution in [0.1, 0.15) is 25.3 Å². The highest BCUT2D eigenvalue weighted by Gasteiger charge is 2.22. The molecule has 4 nitrogen and oxygen atoms in total. The highest BCUT2D eigenvalue weighted by Crippen LogP contribution is 2.35. The summed E-state index contributed by atoms with van der Waals surface area (Å²) in [5.74, 6) is 0.937. The smallest absolute Gasteiger partial charge is 0.318 e. The van der Waals surface area contributed by atoms with Crippen molar-refractivity contribution in [2.24, 2.45) is 5.92 Å². The van der Waals surface area contributed by atoms with Gasteiger partial charge in [0.15, 0.2) is 0 Å². The molecule has 0 unspecified atom stereocenters. The number of carbonyl (C=O) groups excluding carboxylic acids is 1. The molecule has 0 radical (unpaired) electrons. The van der Waals surface area contributed by atoms with Crippen molar-refractivity contribution < 1.29 is 9.90 Å². The van der Waals surface area contributed by atoms with E-state index in [2.05, 4.69) is 10.6 Å². The molecule has 0 heterocycles. The second-order valence-electron chi connectivity index (χ2n) is 4.98. The van der Waals surface area contributed by atoms with Crippen molar-refractivity contribution in [1.82, 2.24) is 10.6 Å². The quantitative estimate of drug-likeness (QED) is 0.762. The van der Waals surface area contributed by atoms with Crippen LogP contribution in [-0.2, 0) is 6.42 Å². The van der Waals surface area contributed by atoms with E-state index in [4.69, 9.17) is 5.11 Å². The van der Waals surface area contributed by atoms with Crippen LogP contribution in [0.2, 0.25) is 0 Å². The first-order valence-corrected chi connectivity index (χ1v) is 6.64. The van der Waals surface area contributed by atoms with Crippen LogP contribution in [0.4, 0.5) is 4.79 Å². The Kier molecular flexibility index (Phi) is 4.44. The van der Waals surface area contributed by atoms with Gasteiger partial charge in [-0.2, -0.15) is 0 Å². The summed E-state index contributed by atoms with van der Waals surface area (Å²) in [5, 5.41) is 14.7. The lowest BCUT2D eigenvalue weighted by Crippen LogP contribution is -2.33. The first-order chi connectivity index (χ1) is 9.15. The van der Waals surface area contributed by atoms with Crippen molar-refractivity contribution in [3.05, 3.63) is 41.6 Å². The van der Waals surface area contributed by atoms with Crippen molar-refractivity contribution in [2.75, 3.05) is 6.54 Å². The Hall–Kier alpha value is -1.97. The minimum Gasteiger partial charge on any atom is -0.508 e. The van der Waals surface area contributed by atoms with E-state index in [1.54, 1.807) is 18.3 Å². The summed E-state index contributed by atoms with van der Waals surface area (Å²) in [6.45, 7) is 2.63. The number of allylic oxidation sites excluding steroid dienone is 1. The van der Waals surface area contributed by atoms with Crippen LogP contribution < -0.4 is 10.6 Å². The van der Waals surface area contributed by atoms with Crippen molar-refractivity contribution in [2.45, 2.75) is 26.2 Å². The fourth-order valence-corrected chi connectivity index (χ4v) is 1.87. The Morgan fingerprint density at radius 1 is 1.37 bits per heavy atom. The van der Waals surface area contributed by atoms with Gasteiger partial charge in [-0.3, -0.25) is 0 Å². The molecule has 1 aliphatic rings. The number of hydrogen-bond acceptors (Lipinski definition) is 2. The number of amides is 2. The summed E-state index contributed by atoms with van der Waals surface area (Å²) in [5.41, 5.74) is 2.33. The molecule has 0 atom stereocenters. The highest BCUT2D eigenvalue weighted by molar-refractivity contribution is 5.74. The third-order valence-electron chi connectivity index (χ3n) is 3.29. The maximum atomic E-state index is 11.5. The number of phenolic OH excluding ortho intramolecular Hbond substituents is 1. The molecule has 0 aliphatic heterocycles. The molecule has 1 aromatic carbocycles. The summed E-state index contributed by atoms with van der Waals surface area (Å²) in [4.78, 5) is 11.5. The third-order valence-corrected chi connectivity index (χ3v) is 3.29. The average Bonchev–Trinajstić information content (AvgIpc) is 3.23. The predicted octanol–water partition coefficient (Wildman–Crippen LogP) is 2.55. The van der Waals surface area contributed by atoms with Gasteiger partial charge in [0.05, 0.1) is 0 Å². The fourth-order valence-electron chi connectivity index (χ4n) is 1.87. The van der Waals surface area contributed by atoms with Gasteiger partial charge >= 0.3 is 6.03 Å². The molecule has 1 aliphatic carbocycles. The van der Waals surface area contributed by atoms with Crippen LogP contribution in [0.5, 0.6) is 5.75 Å². The van der Waals surface area contributed by atoms with Crippen LogP contribution in [0, 0.1) is 5.92 Å². The number of nitrogens with one attached hydrogen (secondary N) is 2. The summed E-state index contributed by atoms with van der Waals surface area (Å²) < 4.78 is 0. The number of benzene rings is 1. The lowest BCUT2D eigenvalue weighted by atomic mass is 10.1. The zero-order chi connectivity index (χ0) is 13.7. The number of rotatable bonds is 5. The minimum absolute atomic E-state index is 0.168. The molecule has 19 heavy (non-hydrogen) atoms. The molecule has 102 valence electrons. The van der Waals surface area contributed by atoms with Gasteiger partial charge in [0.2, 0.25) is 0 Å². The van der Waals surface area contributed by atoms with Crippen LogP contribution in [0.3, 0.4) is 0 Å². The molecular weight excluding hydrogens is 240 g/mol. The Morgan fingerprint density at radius 3 is 2.68 bits per heavy atom. The largest absolute Gasteiger partial charge is 0.508 e. The molecule has 1 aromatic rings. The Morgan fingerprint density at radius 2 is 2.05 bits per heavy atom. The molecule has 2 rings (SSSR count). The number of phenols is 1. The van der Waals surface area contributed by atoms with Gasteiger partial charge in [0.1, 0.15) is 5.75 Å². The van der Waals surface area contributed by atoms with Gasteiger partial charge in [0, 0.05) is 12.7 Å². The van der Waals surface area contributed by atoms with Gasteiger partial charge in [-0.25, -0.2) is 4.79 Å². The summed E-state index contributed by atoms with van der Waals surface area (Å²) >= 11 is 0. The van der Waals surface area contributed by atoms with Crippen molar-refractivity contribution in [3.8, 4) is 5.75 Å². The molecule has 1 saturated carbocycles. The number of urea groups is 1. The average molecular weight is 260 g/mol. The summed E-state index contributed by atoms with van der Waals surface area (Å²) in [6.07, 6.45) is 5.03. The maximum absolute atomic E-state index is 11.5. The Bertz CT molecular complexity index is 462. The maximum Gasteiger partial charge on any atom is 0.318 e. The SMILES string of the molecule is C/C(=C\NC(=O)NCCc1ccc(O)cc1)C1CC1. The predicted molar refractivity (Wildman–Crippen MR) is 74.8 cm³/mol. The normalized spacial score (nSPS) is 15.1.